The normalized spacial score (nSPS) is 13.8. The van der Waals surface area contributed by atoms with Gasteiger partial charge in [0.2, 0.25) is 0 Å². The Kier molecular flexibility index (Phi) is 7.43. The van der Waals surface area contributed by atoms with Gasteiger partial charge in [-0.25, -0.2) is 0 Å². The van der Waals surface area contributed by atoms with Crippen LogP contribution in [0.15, 0.2) is 67.3 Å². The van der Waals surface area contributed by atoms with E-state index in [9.17, 15) is 14.4 Å². The molecule has 9 nitrogen and oxygen atoms in total. The summed E-state index contributed by atoms with van der Waals surface area (Å²) in [6.07, 6.45) is 3.70. The zero-order valence-electron chi connectivity index (χ0n) is 17.2. The maximum atomic E-state index is 11.9. The van der Waals surface area contributed by atoms with E-state index in [1.807, 2.05) is 6.07 Å². The molecule has 4 aromatic heterocycles. The Labute approximate surface area is 204 Å². The van der Waals surface area contributed by atoms with E-state index in [1.54, 1.807) is 35.2 Å². The summed E-state index contributed by atoms with van der Waals surface area (Å²) >= 11 is 6.64. The highest BCUT2D eigenvalue weighted by molar-refractivity contribution is 9.10. The maximum absolute atomic E-state index is 11.9. The number of ether oxygens (including phenoxy) is 2. The largest absolute Gasteiger partial charge is 0.348 e. The molecule has 0 atom stereocenters. The number of aldehydes is 1. The molecular weight excluding hydrogens is 560 g/mol. The van der Waals surface area contributed by atoms with E-state index in [0.29, 0.717) is 37.1 Å². The molecule has 0 bridgehead atoms. The fraction of sp³-hybridized carbons (Fsp3) is 0.227. The van der Waals surface area contributed by atoms with Gasteiger partial charge in [0.05, 0.1) is 48.4 Å². The SMILES string of the molecule is O=CCn1c(=O)ccc2ncc(Br)cc21.O=c1ccc2ncc(Br)cc2n1CC1OCCO1. The molecule has 5 rings (SSSR count). The summed E-state index contributed by atoms with van der Waals surface area (Å²) in [5, 5.41) is 0. The maximum Gasteiger partial charge on any atom is 0.251 e. The second-order valence-electron chi connectivity index (χ2n) is 7.02. The predicted molar refractivity (Wildman–Crippen MR) is 129 cm³/mol. The Morgan fingerprint density at radius 1 is 0.879 bits per heavy atom. The quantitative estimate of drug-likeness (QED) is 0.343. The summed E-state index contributed by atoms with van der Waals surface area (Å²) in [6.45, 7) is 1.58. The van der Waals surface area contributed by atoms with Crippen molar-refractivity contribution >= 4 is 60.2 Å². The zero-order valence-corrected chi connectivity index (χ0v) is 20.4. The van der Waals surface area contributed by atoms with Gasteiger partial charge in [0, 0.05) is 33.5 Å². The lowest BCUT2D eigenvalue weighted by atomic mass is 10.3. The summed E-state index contributed by atoms with van der Waals surface area (Å²) < 4.78 is 15.4. The highest BCUT2D eigenvalue weighted by Crippen LogP contribution is 2.17. The number of hydrogen-bond donors (Lipinski definition) is 0. The molecule has 1 saturated heterocycles. The summed E-state index contributed by atoms with van der Waals surface area (Å²) in [5.74, 6) is 0. The number of carbonyl (C=O) groups excluding carboxylic acids is 1. The lowest BCUT2D eigenvalue weighted by molar-refractivity contribution is -0.108. The second-order valence-corrected chi connectivity index (χ2v) is 8.85. The number of hydrogen-bond acceptors (Lipinski definition) is 7. The third-order valence-corrected chi connectivity index (χ3v) is 5.76. The minimum Gasteiger partial charge on any atom is -0.348 e. The Balaban J connectivity index is 0.000000160. The van der Waals surface area contributed by atoms with Crippen molar-refractivity contribution in [1.82, 2.24) is 19.1 Å². The van der Waals surface area contributed by atoms with Gasteiger partial charge in [-0.15, -0.1) is 0 Å². The molecule has 11 heteroatoms. The smallest absolute Gasteiger partial charge is 0.251 e. The van der Waals surface area contributed by atoms with E-state index in [2.05, 4.69) is 41.8 Å². The molecule has 0 saturated carbocycles. The first kappa shape index (κ1) is 23.4. The number of pyridine rings is 4. The van der Waals surface area contributed by atoms with Crippen molar-refractivity contribution < 1.29 is 14.3 Å². The molecule has 4 aromatic rings. The summed E-state index contributed by atoms with van der Waals surface area (Å²) in [5.41, 5.74) is 2.62. The first-order chi connectivity index (χ1) is 16.0. The summed E-state index contributed by atoms with van der Waals surface area (Å²) in [7, 11) is 0. The first-order valence-corrected chi connectivity index (χ1v) is 11.5. The number of halogens is 2. The third kappa shape index (κ3) is 5.44. The minimum atomic E-state index is -0.354. The molecular formula is C22H18Br2N4O5. The van der Waals surface area contributed by atoms with E-state index < -0.39 is 0 Å². The lowest BCUT2D eigenvalue weighted by Gasteiger charge is -2.13. The van der Waals surface area contributed by atoms with E-state index in [-0.39, 0.29) is 24.0 Å². The number of fused-ring (bicyclic) bond motifs is 2. The van der Waals surface area contributed by atoms with Gasteiger partial charge in [0.15, 0.2) is 6.29 Å². The number of nitrogens with zero attached hydrogens (tertiary/aromatic N) is 4. The minimum absolute atomic E-state index is 0.0499. The van der Waals surface area contributed by atoms with Crippen LogP contribution in [0.2, 0.25) is 0 Å². The average molecular weight is 578 g/mol. The number of aromatic nitrogens is 4. The van der Waals surface area contributed by atoms with Crippen LogP contribution in [0.4, 0.5) is 0 Å². The van der Waals surface area contributed by atoms with Crippen molar-refractivity contribution in [3.8, 4) is 0 Å². The van der Waals surface area contributed by atoms with E-state index >= 15 is 0 Å². The van der Waals surface area contributed by atoms with E-state index in [1.165, 1.54) is 16.7 Å². The fourth-order valence-corrected chi connectivity index (χ4v) is 4.04. The van der Waals surface area contributed by atoms with Gasteiger partial charge in [-0.3, -0.25) is 24.1 Å². The van der Waals surface area contributed by atoms with Gasteiger partial charge >= 0.3 is 0 Å². The van der Waals surface area contributed by atoms with Crippen molar-refractivity contribution in [1.29, 1.82) is 0 Å². The van der Waals surface area contributed by atoms with Crippen molar-refractivity contribution in [2.45, 2.75) is 19.4 Å². The Morgan fingerprint density at radius 2 is 1.39 bits per heavy atom. The van der Waals surface area contributed by atoms with Crippen molar-refractivity contribution in [3.05, 3.63) is 78.4 Å². The molecule has 0 radical (unpaired) electrons. The predicted octanol–water partition coefficient (Wildman–Crippen LogP) is 2.89. The van der Waals surface area contributed by atoms with Gasteiger partial charge in [0.1, 0.15) is 6.29 Å². The van der Waals surface area contributed by atoms with Crippen LogP contribution in [-0.4, -0.2) is 44.9 Å². The molecule has 1 aliphatic heterocycles. The van der Waals surface area contributed by atoms with Gasteiger partial charge in [0.25, 0.3) is 11.1 Å². The van der Waals surface area contributed by atoms with Crippen LogP contribution in [0.3, 0.4) is 0 Å². The molecule has 0 amide bonds. The molecule has 0 unspecified atom stereocenters. The zero-order chi connectivity index (χ0) is 23.4. The topological polar surface area (TPSA) is 105 Å². The van der Waals surface area contributed by atoms with Gasteiger partial charge in [-0.1, -0.05) is 0 Å². The van der Waals surface area contributed by atoms with E-state index in [4.69, 9.17) is 9.47 Å². The number of rotatable bonds is 4. The van der Waals surface area contributed by atoms with Crippen LogP contribution in [-0.2, 0) is 27.4 Å². The Bertz CT molecular complexity index is 1430. The molecule has 5 heterocycles. The second kappa shape index (κ2) is 10.5. The standard InChI is InChI=1S/C12H11BrN2O3.C10H7BrN2O2/c13-8-5-10-9(14-6-8)1-2-11(16)15(10)7-12-17-3-4-18-12;11-7-5-9-8(12-6-7)1-2-10(15)13(9)3-4-14/h1-2,5-6,12H,3-4,7H2;1-2,4-6H,3H2. The molecule has 0 spiro atoms. The molecule has 170 valence electrons. The van der Waals surface area contributed by atoms with Crippen LogP contribution in [0.5, 0.6) is 0 Å². The van der Waals surface area contributed by atoms with Gasteiger partial charge in [-0.05, 0) is 56.1 Å². The molecule has 33 heavy (non-hydrogen) atoms. The van der Waals surface area contributed by atoms with Crippen LogP contribution in [0.1, 0.15) is 0 Å². The van der Waals surface area contributed by atoms with E-state index in [0.717, 1.165) is 20.0 Å². The molecule has 0 aliphatic carbocycles. The molecule has 1 fully saturated rings. The third-order valence-electron chi connectivity index (χ3n) is 4.89. The highest BCUT2D eigenvalue weighted by Gasteiger charge is 2.18. The summed E-state index contributed by atoms with van der Waals surface area (Å²) in [4.78, 5) is 42.3. The van der Waals surface area contributed by atoms with Crippen molar-refractivity contribution in [3.63, 3.8) is 0 Å². The highest BCUT2D eigenvalue weighted by atomic mass is 79.9. The van der Waals surface area contributed by atoms with Crippen molar-refractivity contribution in [2.24, 2.45) is 0 Å². The monoisotopic (exact) mass is 576 g/mol. The number of carbonyl (C=O) groups is 1. The van der Waals surface area contributed by atoms with Gasteiger partial charge in [-0.2, -0.15) is 0 Å². The lowest BCUT2D eigenvalue weighted by Crippen LogP contribution is -2.27. The molecule has 0 aromatic carbocycles. The van der Waals surface area contributed by atoms with Crippen molar-refractivity contribution in [2.75, 3.05) is 13.2 Å². The molecule has 1 aliphatic rings. The first-order valence-electron chi connectivity index (χ1n) is 9.93. The van der Waals surface area contributed by atoms with Crippen LogP contribution < -0.4 is 11.1 Å². The van der Waals surface area contributed by atoms with Gasteiger partial charge < -0.3 is 18.8 Å². The van der Waals surface area contributed by atoms with Crippen LogP contribution >= 0.6 is 31.9 Å². The van der Waals surface area contributed by atoms with Crippen LogP contribution in [0, 0.1) is 0 Å². The van der Waals surface area contributed by atoms with Crippen LogP contribution in [0.25, 0.3) is 22.1 Å². The fourth-order valence-electron chi connectivity index (χ4n) is 3.40. The molecule has 0 N–H and O–H groups in total. The Morgan fingerprint density at radius 3 is 1.94 bits per heavy atom. The summed E-state index contributed by atoms with van der Waals surface area (Å²) in [6, 6.07) is 9.93. The Hall–Kier alpha value is -2.73. The average Bonchev–Trinajstić information content (AvgIpc) is 3.32.